The van der Waals surface area contributed by atoms with Crippen molar-refractivity contribution in [3.8, 4) is 11.5 Å². The number of thiazole rings is 1. The molecule has 1 aliphatic rings. The van der Waals surface area contributed by atoms with Gasteiger partial charge in [-0.15, -0.1) is 35.3 Å². The van der Waals surface area contributed by atoms with Gasteiger partial charge in [0.05, 0.1) is 25.4 Å². The predicted molar refractivity (Wildman–Crippen MR) is 132 cm³/mol. The highest BCUT2D eigenvalue weighted by Gasteiger charge is 2.21. The molecule has 0 bridgehead atoms. The minimum atomic E-state index is 0. The number of imidazole rings is 1. The van der Waals surface area contributed by atoms with Gasteiger partial charge in [-0.05, 0) is 32.9 Å². The third kappa shape index (κ3) is 5.18. The van der Waals surface area contributed by atoms with Gasteiger partial charge >= 0.3 is 0 Å². The van der Waals surface area contributed by atoms with Crippen molar-refractivity contribution in [3.05, 3.63) is 46.7 Å². The monoisotopic (exact) mass is 541 g/mol. The zero-order valence-corrected chi connectivity index (χ0v) is 20.6. The highest BCUT2D eigenvalue weighted by molar-refractivity contribution is 14.0. The number of halogens is 1. The van der Waals surface area contributed by atoms with Crippen LogP contribution in [0.25, 0.3) is 4.96 Å². The lowest BCUT2D eigenvalue weighted by atomic mass is 10.1. The summed E-state index contributed by atoms with van der Waals surface area (Å²) in [5.74, 6) is 2.58. The third-order valence-corrected chi connectivity index (χ3v) is 5.48. The second kappa shape index (κ2) is 10.3. The van der Waals surface area contributed by atoms with Crippen LogP contribution in [0.2, 0.25) is 0 Å². The molecule has 0 spiro atoms. The number of nitrogens with zero attached hydrogens (tertiary/aromatic N) is 3. The van der Waals surface area contributed by atoms with Crippen LogP contribution in [0.4, 0.5) is 0 Å². The normalized spacial score (nSPS) is 15.4. The smallest absolute Gasteiger partial charge is 0.193 e. The van der Waals surface area contributed by atoms with Crippen LogP contribution < -0.4 is 20.1 Å². The number of benzene rings is 1. The summed E-state index contributed by atoms with van der Waals surface area (Å²) in [4.78, 5) is 10.4. The Bertz CT molecular complexity index is 988. The van der Waals surface area contributed by atoms with Gasteiger partial charge in [0, 0.05) is 41.9 Å². The number of hydrogen-bond acceptors (Lipinski definition) is 5. The number of ether oxygens (including phenoxy) is 2. The van der Waals surface area contributed by atoms with E-state index in [4.69, 9.17) is 14.5 Å². The molecule has 2 aromatic heterocycles. The summed E-state index contributed by atoms with van der Waals surface area (Å²) < 4.78 is 13.8. The first-order valence-corrected chi connectivity index (χ1v) is 10.9. The number of nitrogens with one attached hydrogen (secondary N) is 2. The van der Waals surface area contributed by atoms with E-state index in [2.05, 4.69) is 41.6 Å². The predicted octanol–water partition coefficient (Wildman–Crippen LogP) is 3.99. The van der Waals surface area contributed by atoms with E-state index in [9.17, 15) is 0 Å². The lowest BCUT2D eigenvalue weighted by Crippen LogP contribution is -2.36. The van der Waals surface area contributed by atoms with E-state index in [0.717, 1.165) is 46.6 Å². The molecule has 1 aromatic carbocycles. The molecular weight excluding hydrogens is 513 g/mol. The number of rotatable bonds is 7. The van der Waals surface area contributed by atoms with Crippen molar-refractivity contribution in [1.29, 1.82) is 0 Å². The largest absolute Gasteiger partial charge is 0.494 e. The number of hydrogen-bond donors (Lipinski definition) is 2. The third-order valence-electron chi connectivity index (χ3n) is 4.71. The fourth-order valence-corrected chi connectivity index (χ4v) is 4.16. The molecule has 1 aliphatic heterocycles. The maximum Gasteiger partial charge on any atom is 0.193 e. The van der Waals surface area contributed by atoms with Gasteiger partial charge in [0.2, 0.25) is 0 Å². The van der Waals surface area contributed by atoms with Crippen molar-refractivity contribution >= 4 is 46.2 Å². The van der Waals surface area contributed by atoms with E-state index in [1.54, 1.807) is 11.3 Å². The molecule has 0 fully saturated rings. The Morgan fingerprint density at radius 1 is 1.37 bits per heavy atom. The maximum absolute atomic E-state index is 5.92. The van der Waals surface area contributed by atoms with Crippen LogP contribution in [-0.2, 0) is 19.5 Å². The average Bonchev–Trinajstić information content (AvgIpc) is 3.37. The van der Waals surface area contributed by atoms with Gasteiger partial charge in [-0.2, -0.15) is 0 Å². The highest BCUT2D eigenvalue weighted by atomic mass is 127. The van der Waals surface area contributed by atoms with Crippen molar-refractivity contribution in [2.45, 2.75) is 46.4 Å². The van der Waals surface area contributed by atoms with Crippen LogP contribution in [0.3, 0.4) is 0 Å². The van der Waals surface area contributed by atoms with Gasteiger partial charge in [0.25, 0.3) is 0 Å². The highest BCUT2D eigenvalue weighted by Crippen LogP contribution is 2.35. The van der Waals surface area contributed by atoms with Crippen LogP contribution in [-0.4, -0.2) is 34.6 Å². The minimum absolute atomic E-state index is 0. The Morgan fingerprint density at radius 3 is 3.00 bits per heavy atom. The minimum Gasteiger partial charge on any atom is -0.494 e. The molecule has 7 nitrogen and oxygen atoms in total. The summed E-state index contributed by atoms with van der Waals surface area (Å²) in [5.41, 5.74) is 3.22. The summed E-state index contributed by atoms with van der Waals surface area (Å²) in [7, 11) is 0. The Morgan fingerprint density at radius 2 is 2.23 bits per heavy atom. The second-order valence-corrected chi connectivity index (χ2v) is 7.88. The van der Waals surface area contributed by atoms with Crippen molar-refractivity contribution in [1.82, 2.24) is 20.0 Å². The van der Waals surface area contributed by atoms with Crippen molar-refractivity contribution in [2.75, 3.05) is 13.2 Å². The zero-order valence-electron chi connectivity index (χ0n) is 17.5. The molecule has 0 aliphatic carbocycles. The number of aliphatic imine (C=N–C) groups is 1. The van der Waals surface area contributed by atoms with Crippen molar-refractivity contribution in [3.63, 3.8) is 0 Å². The second-order valence-electron chi connectivity index (χ2n) is 7.01. The quantitative estimate of drug-likeness (QED) is 0.269. The van der Waals surface area contributed by atoms with Crippen molar-refractivity contribution < 1.29 is 9.47 Å². The lowest BCUT2D eigenvalue weighted by molar-refractivity contribution is 0.254. The standard InChI is InChI=1S/C21H27N5O2S.HI/c1-4-22-20(24-12-17-13-26-6-7-29-21(26)25-17)23-11-16-10-19-15(8-14(3)28-19)9-18(16)27-5-2;/h6-7,9-10,13-14H,4-5,8,11-12H2,1-3H3,(H2,22,23,24);1H. The van der Waals surface area contributed by atoms with Crippen molar-refractivity contribution in [2.24, 2.45) is 4.99 Å². The summed E-state index contributed by atoms with van der Waals surface area (Å²) in [6, 6.07) is 4.17. The van der Waals surface area contributed by atoms with E-state index in [1.807, 2.05) is 29.1 Å². The molecule has 0 saturated heterocycles. The SMILES string of the molecule is CCNC(=NCc1cc2c(cc1OCC)CC(C)O2)NCc1cn2ccsc2n1.I. The van der Waals surface area contributed by atoms with Gasteiger partial charge in [0.15, 0.2) is 10.9 Å². The molecular formula is C21H28IN5O2S. The fraction of sp³-hybridized carbons (Fsp3) is 0.429. The number of aromatic nitrogens is 2. The molecule has 0 saturated carbocycles. The molecule has 30 heavy (non-hydrogen) atoms. The number of guanidine groups is 1. The first kappa shape index (κ1) is 22.7. The van der Waals surface area contributed by atoms with Crippen LogP contribution in [0, 0.1) is 0 Å². The van der Waals surface area contributed by atoms with Gasteiger partial charge in [-0.3, -0.25) is 4.40 Å². The maximum atomic E-state index is 5.92. The van der Waals surface area contributed by atoms with Gasteiger partial charge in [0.1, 0.15) is 17.6 Å². The molecule has 0 amide bonds. The molecule has 162 valence electrons. The molecule has 1 unspecified atom stereocenters. The molecule has 4 rings (SSSR count). The molecule has 0 radical (unpaired) electrons. The Balaban J connectivity index is 0.00000256. The topological polar surface area (TPSA) is 72.2 Å². The Labute approximate surface area is 197 Å². The van der Waals surface area contributed by atoms with E-state index in [-0.39, 0.29) is 30.1 Å². The molecule has 3 aromatic rings. The van der Waals surface area contributed by atoms with Crippen LogP contribution in [0.1, 0.15) is 37.6 Å². The van der Waals surface area contributed by atoms with Crippen LogP contribution >= 0.6 is 35.3 Å². The molecule has 3 heterocycles. The first-order valence-electron chi connectivity index (χ1n) is 10.0. The summed E-state index contributed by atoms with van der Waals surface area (Å²) in [6.07, 6.45) is 5.18. The lowest BCUT2D eigenvalue weighted by Gasteiger charge is -2.13. The van der Waals surface area contributed by atoms with E-state index < -0.39 is 0 Å². The Hall–Kier alpha value is -2.01. The van der Waals surface area contributed by atoms with E-state index in [1.165, 1.54) is 5.56 Å². The van der Waals surface area contributed by atoms with E-state index in [0.29, 0.717) is 19.7 Å². The van der Waals surface area contributed by atoms with Gasteiger partial charge in [-0.1, -0.05) is 0 Å². The zero-order chi connectivity index (χ0) is 20.2. The average molecular weight is 541 g/mol. The summed E-state index contributed by atoms with van der Waals surface area (Å²) >= 11 is 1.63. The molecule has 2 N–H and O–H groups in total. The molecule has 9 heteroatoms. The van der Waals surface area contributed by atoms with Crippen LogP contribution in [0.15, 0.2) is 34.9 Å². The van der Waals surface area contributed by atoms with Crippen LogP contribution in [0.5, 0.6) is 11.5 Å². The number of fused-ring (bicyclic) bond motifs is 2. The summed E-state index contributed by atoms with van der Waals surface area (Å²) in [6.45, 7) is 8.68. The summed E-state index contributed by atoms with van der Waals surface area (Å²) in [5, 5.41) is 8.69. The van der Waals surface area contributed by atoms with Gasteiger partial charge < -0.3 is 20.1 Å². The van der Waals surface area contributed by atoms with Gasteiger partial charge in [-0.25, -0.2) is 9.98 Å². The first-order chi connectivity index (χ1) is 14.2. The fourth-order valence-electron chi connectivity index (χ4n) is 3.44. The Kier molecular flexibility index (Phi) is 7.81. The molecule has 1 atom stereocenters. The van der Waals surface area contributed by atoms with E-state index >= 15 is 0 Å².